The van der Waals surface area contributed by atoms with Gasteiger partial charge < -0.3 is 5.32 Å². The van der Waals surface area contributed by atoms with Crippen LogP contribution in [0.1, 0.15) is 5.56 Å². The Kier molecular flexibility index (Phi) is 1.18. The lowest BCUT2D eigenvalue weighted by Crippen LogP contribution is -2.02. The maximum absolute atomic E-state index is 12.6. The smallest absolute Gasteiger partial charge is 0.123 e. The van der Waals surface area contributed by atoms with Crippen LogP contribution < -0.4 is 5.32 Å². The Morgan fingerprint density at radius 3 is 3.09 bits per heavy atom. The van der Waals surface area contributed by atoms with Crippen molar-refractivity contribution in [1.29, 1.82) is 5.41 Å². The SMILES string of the molecule is N=C1Cc2cc(F)ccc2N1. The van der Waals surface area contributed by atoms with Crippen molar-refractivity contribution in [2.75, 3.05) is 5.32 Å². The highest BCUT2D eigenvalue weighted by Gasteiger charge is 2.14. The number of halogens is 1. The van der Waals surface area contributed by atoms with Crippen LogP contribution in [0.3, 0.4) is 0 Å². The summed E-state index contributed by atoms with van der Waals surface area (Å²) in [6.07, 6.45) is 0.521. The fourth-order valence-electron chi connectivity index (χ4n) is 1.23. The number of amidine groups is 1. The lowest BCUT2D eigenvalue weighted by molar-refractivity contribution is 0.627. The summed E-state index contributed by atoms with van der Waals surface area (Å²) in [4.78, 5) is 0. The van der Waals surface area contributed by atoms with Crippen LogP contribution in [0.5, 0.6) is 0 Å². The van der Waals surface area contributed by atoms with Gasteiger partial charge in [0.05, 0.1) is 0 Å². The number of nitrogens with one attached hydrogen (secondary N) is 2. The van der Waals surface area contributed by atoms with Crippen molar-refractivity contribution in [3.63, 3.8) is 0 Å². The Balaban J connectivity index is 2.51. The maximum Gasteiger partial charge on any atom is 0.123 e. The van der Waals surface area contributed by atoms with Crippen molar-refractivity contribution in [2.45, 2.75) is 6.42 Å². The Bertz CT molecular complexity index is 320. The van der Waals surface area contributed by atoms with Gasteiger partial charge in [0.1, 0.15) is 11.7 Å². The lowest BCUT2D eigenvalue weighted by Gasteiger charge is -1.96. The van der Waals surface area contributed by atoms with Gasteiger partial charge in [0.2, 0.25) is 0 Å². The predicted molar refractivity (Wildman–Crippen MR) is 41.5 cm³/mol. The van der Waals surface area contributed by atoms with Gasteiger partial charge in [0.25, 0.3) is 0 Å². The van der Waals surface area contributed by atoms with Gasteiger partial charge in [-0.2, -0.15) is 0 Å². The first-order valence-electron chi connectivity index (χ1n) is 3.38. The van der Waals surface area contributed by atoms with Gasteiger partial charge in [-0.25, -0.2) is 4.39 Å². The second kappa shape index (κ2) is 2.05. The Morgan fingerprint density at radius 1 is 1.45 bits per heavy atom. The van der Waals surface area contributed by atoms with E-state index in [-0.39, 0.29) is 5.82 Å². The third kappa shape index (κ3) is 0.981. The maximum atomic E-state index is 12.6. The van der Waals surface area contributed by atoms with Crippen LogP contribution in [0.2, 0.25) is 0 Å². The molecule has 3 heteroatoms. The Morgan fingerprint density at radius 2 is 2.27 bits per heavy atom. The summed E-state index contributed by atoms with van der Waals surface area (Å²) in [5, 5.41) is 10.1. The molecule has 1 aromatic carbocycles. The summed E-state index contributed by atoms with van der Waals surface area (Å²) in [7, 11) is 0. The molecule has 0 atom stereocenters. The molecule has 0 aliphatic carbocycles. The summed E-state index contributed by atoms with van der Waals surface area (Å²) in [6, 6.07) is 4.51. The first kappa shape index (κ1) is 6.34. The van der Waals surface area contributed by atoms with Crippen LogP contribution in [-0.4, -0.2) is 5.84 Å². The monoisotopic (exact) mass is 150 g/mol. The van der Waals surface area contributed by atoms with Crippen molar-refractivity contribution >= 4 is 11.5 Å². The van der Waals surface area contributed by atoms with Gasteiger partial charge >= 0.3 is 0 Å². The topological polar surface area (TPSA) is 35.9 Å². The number of anilines is 1. The van der Waals surface area contributed by atoms with Crippen molar-refractivity contribution in [3.8, 4) is 0 Å². The highest BCUT2D eigenvalue weighted by atomic mass is 19.1. The van der Waals surface area contributed by atoms with E-state index < -0.39 is 0 Å². The van der Waals surface area contributed by atoms with Gasteiger partial charge in [0, 0.05) is 12.1 Å². The van der Waals surface area contributed by atoms with Gasteiger partial charge in [0.15, 0.2) is 0 Å². The molecule has 0 fully saturated rings. The molecule has 2 N–H and O–H groups in total. The number of benzene rings is 1. The minimum atomic E-state index is -0.236. The van der Waals surface area contributed by atoms with E-state index in [1.54, 1.807) is 6.07 Å². The van der Waals surface area contributed by atoms with Crippen LogP contribution in [0.25, 0.3) is 0 Å². The van der Waals surface area contributed by atoms with E-state index in [1.165, 1.54) is 12.1 Å². The average molecular weight is 150 g/mol. The first-order chi connectivity index (χ1) is 5.25. The summed E-state index contributed by atoms with van der Waals surface area (Å²) >= 11 is 0. The molecule has 1 aliphatic rings. The largest absolute Gasteiger partial charge is 0.344 e. The fourth-order valence-corrected chi connectivity index (χ4v) is 1.23. The van der Waals surface area contributed by atoms with Crippen molar-refractivity contribution in [2.24, 2.45) is 0 Å². The van der Waals surface area contributed by atoms with E-state index in [0.717, 1.165) is 11.3 Å². The molecule has 0 unspecified atom stereocenters. The van der Waals surface area contributed by atoms with Crippen LogP contribution >= 0.6 is 0 Å². The highest BCUT2D eigenvalue weighted by Crippen LogP contribution is 2.22. The molecular formula is C8H7FN2. The van der Waals surface area contributed by atoms with Crippen LogP contribution in [0, 0.1) is 11.2 Å². The molecule has 2 rings (SSSR count). The minimum Gasteiger partial charge on any atom is -0.344 e. The molecular weight excluding hydrogens is 143 g/mol. The van der Waals surface area contributed by atoms with E-state index in [2.05, 4.69) is 5.32 Å². The summed E-state index contributed by atoms with van der Waals surface area (Å²) in [6.45, 7) is 0. The molecule has 0 spiro atoms. The number of rotatable bonds is 0. The molecule has 1 aliphatic heterocycles. The Hall–Kier alpha value is -1.38. The van der Waals surface area contributed by atoms with Gasteiger partial charge in [-0.15, -0.1) is 0 Å². The molecule has 0 bridgehead atoms. The zero-order chi connectivity index (χ0) is 7.84. The van der Waals surface area contributed by atoms with Crippen molar-refractivity contribution in [1.82, 2.24) is 0 Å². The Labute approximate surface area is 63.6 Å². The first-order valence-corrected chi connectivity index (χ1v) is 3.38. The van der Waals surface area contributed by atoms with E-state index >= 15 is 0 Å². The van der Waals surface area contributed by atoms with Gasteiger partial charge in [-0.1, -0.05) is 0 Å². The molecule has 0 saturated carbocycles. The van der Waals surface area contributed by atoms with Crippen LogP contribution in [0.4, 0.5) is 10.1 Å². The molecule has 11 heavy (non-hydrogen) atoms. The normalized spacial score (nSPS) is 14.5. The molecule has 1 heterocycles. The zero-order valence-electron chi connectivity index (χ0n) is 5.82. The molecule has 56 valence electrons. The molecule has 0 amide bonds. The van der Waals surface area contributed by atoms with E-state index in [0.29, 0.717) is 12.3 Å². The van der Waals surface area contributed by atoms with E-state index in [1.807, 2.05) is 0 Å². The standard InChI is InChI=1S/C8H7FN2/c9-6-1-2-7-5(3-6)4-8(10)11-7/h1-3H,4H2,(H2,10,11). The second-order valence-electron chi connectivity index (χ2n) is 2.58. The third-order valence-corrected chi connectivity index (χ3v) is 1.72. The predicted octanol–water partition coefficient (Wildman–Crippen LogP) is 1.77. The second-order valence-corrected chi connectivity index (χ2v) is 2.58. The minimum absolute atomic E-state index is 0.236. The highest BCUT2D eigenvalue weighted by molar-refractivity contribution is 6.00. The third-order valence-electron chi connectivity index (χ3n) is 1.72. The molecule has 0 radical (unpaired) electrons. The fraction of sp³-hybridized carbons (Fsp3) is 0.125. The summed E-state index contributed by atoms with van der Waals surface area (Å²) in [5.74, 6) is 0.200. The van der Waals surface area contributed by atoms with Gasteiger partial charge in [-0.3, -0.25) is 5.41 Å². The number of fused-ring (bicyclic) bond motifs is 1. The molecule has 0 aromatic heterocycles. The number of hydrogen-bond acceptors (Lipinski definition) is 1. The number of hydrogen-bond donors (Lipinski definition) is 2. The summed E-state index contributed by atoms with van der Waals surface area (Å²) < 4.78 is 12.6. The molecule has 2 nitrogen and oxygen atoms in total. The van der Waals surface area contributed by atoms with Crippen LogP contribution in [-0.2, 0) is 6.42 Å². The summed E-state index contributed by atoms with van der Waals surface area (Å²) in [5.41, 5.74) is 1.73. The van der Waals surface area contributed by atoms with Crippen LogP contribution in [0.15, 0.2) is 18.2 Å². The average Bonchev–Trinajstić information content (AvgIpc) is 2.27. The van der Waals surface area contributed by atoms with E-state index in [4.69, 9.17) is 5.41 Å². The quantitative estimate of drug-likeness (QED) is 0.581. The van der Waals surface area contributed by atoms with Crippen molar-refractivity contribution < 1.29 is 4.39 Å². The van der Waals surface area contributed by atoms with E-state index in [9.17, 15) is 4.39 Å². The van der Waals surface area contributed by atoms with Gasteiger partial charge in [-0.05, 0) is 23.8 Å². The molecule has 0 saturated heterocycles. The zero-order valence-corrected chi connectivity index (χ0v) is 5.82. The lowest BCUT2D eigenvalue weighted by atomic mass is 10.1. The molecule has 1 aromatic rings. The van der Waals surface area contributed by atoms with Crippen molar-refractivity contribution in [3.05, 3.63) is 29.6 Å².